The fourth-order valence-electron chi connectivity index (χ4n) is 1.88. The van der Waals surface area contributed by atoms with E-state index < -0.39 is 0 Å². The molecule has 0 saturated heterocycles. The summed E-state index contributed by atoms with van der Waals surface area (Å²) in [5.74, 6) is 1.47. The van der Waals surface area contributed by atoms with Gasteiger partial charge in [-0.1, -0.05) is 19.1 Å². The van der Waals surface area contributed by atoms with Crippen LogP contribution in [-0.2, 0) is 6.42 Å². The summed E-state index contributed by atoms with van der Waals surface area (Å²) < 4.78 is 5.54. The Morgan fingerprint density at radius 2 is 1.95 bits per heavy atom. The molecule has 0 aliphatic carbocycles. The van der Waals surface area contributed by atoms with Gasteiger partial charge in [-0.2, -0.15) is 4.98 Å². The first-order valence-corrected chi connectivity index (χ1v) is 7.17. The Kier molecular flexibility index (Phi) is 5.37. The van der Waals surface area contributed by atoms with Crippen LogP contribution in [-0.4, -0.2) is 28.2 Å². The molecule has 5 heteroatoms. The van der Waals surface area contributed by atoms with E-state index in [-0.39, 0.29) is 5.75 Å². The van der Waals surface area contributed by atoms with Gasteiger partial charge >= 0.3 is 0 Å². The highest BCUT2D eigenvalue weighted by molar-refractivity contribution is 5.31. The molecule has 0 spiro atoms. The van der Waals surface area contributed by atoms with Gasteiger partial charge in [0.25, 0.3) is 0 Å². The van der Waals surface area contributed by atoms with E-state index in [4.69, 9.17) is 4.74 Å². The number of ether oxygens (including phenoxy) is 1. The molecular weight excluding hydrogens is 266 g/mol. The highest BCUT2D eigenvalue weighted by Crippen LogP contribution is 2.13. The lowest BCUT2D eigenvalue weighted by atomic mass is 10.1. The lowest BCUT2D eigenvalue weighted by molar-refractivity contribution is 0.305. The van der Waals surface area contributed by atoms with Gasteiger partial charge in [-0.15, -0.1) is 0 Å². The van der Waals surface area contributed by atoms with Gasteiger partial charge in [0.15, 0.2) is 0 Å². The standard InChI is InChI=1S/C16H21N3O2/c1-3-10-21-15-11-12(2)18-16(19-15)17-9-8-13-4-6-14(20)7-5-13/h4-7,11,20H,3,8-10H2,1-2H3,(H,17,18,19). The summed E-state index contributed by atoms with van der Waals surface area (Å²) in [6.07, 6.45) is 1.79. The molecule has 2 N–H and O–H groups in total. The van der Waals surface area contributed by atoms with Crippen molar-refractivity contribution in [3.63, 3.8) is 0 Å². The number of aryl methyl sites for hydroxylation is 1. The molecule has 0 atom stereocenters. The molecule has 112 valence electrons. The molecule has 0 aliphatic heterocycles. The molecule has 2 aromatic rings. The number of phenolic OH excluding ortho intramolecular Hbond substituents is 1. The van der Waals surface area contributed by atoms with Crippen LogP contribution in [0.5, 0.6) is 11.6 Å². The van der Waals surface area contributed by atoms with Crippen molar-refractivity contribution >= 4 is 5.95 Å². The lowest BCUT2D eigenvalue weighted by Gasteiger charge is -2.09. The van der Waals surface area contributed by atoms with Crippen LogP contribution >= 0.6 is 0 Å². The van der Waals surface area contributed by atoms with Gasteiger partial charge in [-0.3, -0.25) is 0 Å². The van der Waals surface area contributed by atoms with Gasteiger partial charge in [0, 0.05) is 18.3 Å². The van der Waals surface area contributed by atoms with E-state index in [2.05, 4.69) is 22.2 Å². The minimum Gasteiger partial charge on any atom is -0.508 e. The molecule has 0 bridgehead atoms. The highest BCUT2D eigenvalue weighted by Gasteiger charge is 2.03. The second-order valence-electron chi connectivity index (χ2n) is 4.86. The van der Waals surface area contributed by atoms with Crippen LogP contribution in [0.15, 0.2) is 30.3 Å². The Labute approximate surface area is 125 Å². The summed E-state index contributed by atoms with van der Waals surface area (Å²) in [4.78, 5) is 8.68. The van der Waals surface area contributed by atoms with E-state index >= 15 is 0 Å². The summed E-state index contributed by atoms with van der Waals surface area (Å²) in [5, 5.41) is 12.4. The van der Waals surface area contributed by atoms with Gasteiger partial charge in [-0.05, 0) is 37.5 Å². The predicted octanol–water partition coefficient (Wildman–Crippen LogP) is 2.93. The molecule has 2 rings (SSSR count). The van der Waals surface area contributed by atoms with Crippen LogP contribution in [0.2, 0.25) is 0 Å². The summed E-state index contributed by atoms with van der Waals surface area (Å²) in [5.41, 5.74) is 2.03. The SMILES string of the molecule is CCCOc1cc(C)nc(NCCc2ccc(O)cc2)n1. The Morgan fingerprint density at radius 3 is 2.67 bits per heavy atom. The Morgan fingerprint density at radius 1 is 1.19 bits per heavy atom. The number of benzene rings is 1. The van der Waals surface area contributed by atoms with Crippen molar-refractivity contribution in [1.29, 1.82) is 0 Å². The van der Waals surface area contributed by atoms with Crippen molar-refractivity contribution in [3.8, 4) is 11.6 Å². The third-order valence-electron chi connectivity index (χ3n) is 2.92. The topological polar surface area (TPSA) is 67.3 Å². The molecule has 0 amide bonds. The van der Waals surface area contributed by atoms with Gasteiger partial charge < -0.3 is 15.2 Å². The second-order valence-corrected chi connectivity index (χ2v) is 4.86. The predicted molar refractivity (Wildman–Crippen MR) is 82.9 cm³/mol. The van der Waals surface area contributed by atoms with Crippen LogP contribution < -0.4 is 10.1 Å². The Bertz CT molecular complexity index is 570. The van der Waals surface area contributed by atoms with Crippen molar-refractivity contribution in [2.45, 2.75) is 26.7 Å². The van der Waals surface area contributed by atoms with E-state index in [1.165, 1.54) is 0 Å². The molecular formula is C16H21N3O2. The van der Waals surface area contributed by atoms with Crippen molar-refractivity contribution in [2.24, 2.45) is 0 Å². The number of nitrogens with one attached hydrogen (secondary N) is 1. The number of anilines is 1. The van der Waals surface area contributed by atoms with Crippen LogP contribution in [0, 0.1) is 6.92 Å². The number of aromatic nitrogens is 2. The normalized spacial score (nSPS) is 10.4. The summed E-state index contributed by atoms with van der Waals surface area (Å²) >= 11 is 0. The smallest absolute Gasteiger partial charge is 0.226 e. The number of phenols is 1. The first-order valence-electron chi connectivity index (χ1n) is 7.17. The number of rotatable bonds is 7. The molecule has 1 heterocycles. The van der Waals surface area contributed by atoms with Crippen molar-refractivity contribution in [1.82, 2.24) is 9.97 Å². The van der Waals surface area contributed by atoms with Crippen LogP contribution in [0.3, 0.4) is 0 Å². The molecule has 0 radical (unpaired) electrons. The summed E-state index contributed by atoms with van der Waals surface area (Å²) in [7, 11) is 0. The van der Waals surface area contributed by atoms with Crippen LogP contribution in [0.4, 0.5) is 5.95 Å². The summed E-state index contributed by atoms with van der Waals surface area (Å²) in [6, 6.07) is 9.03. The maximum atomic E-state index is 9.24. The van der Waals surface area contributed by atoms with E-state index in [9.17, 15) is 5.11 Å². The minimum absolute atomic E-state index is 0.284. The first kappa shape index (κ1) is 15.1. The first-order chi connectivity index (χ1) is 10.2. The number of aromatic hydroxyl groups is 1. The minimum atomic E-state index is 0.284. The van der Waals surface area contributed by atoms with Gasteiger partial charge in [-0.25, -0.2) is 4.98 Å². The highest BCUT2D eigenvalue weighted by atomic mass is 16.5. The molecule has 0 unspecified atom stereocenters. The van der Waals surface area contributed by atoms with Crippen LogP contribution in [0.25, 0.3) is 0 Å². The maximum absolute atomic E-state index is 9.24. The van der Waals surface area contributed by atoms with E-state index in [1.807, 2.05) is 25.1 Å². The van der Waals surface area contributed by atoms with E-state index in [1.54, 1.807) is 12.1 Å². The Hall–Kier alpha value is -2.30. The largest absolute Gasteiger partial charge is 0.508 e. The third kappa shape index (κ3) is 4.95. The fraction of sp³-hybridized carbons (Fsp3) is 0.375. The average Bonchev–Trinajstić information content (AvgIpc) is 2.47. The molecule has 0 aliphatic rings. The quantitative estimate of drug-likeness (QED) is 0.819. The molecule has 1 aromatic carbocycles. The zero-order valence-corrected chi connectivity index (χ0v) is 12.5. The summed E-state index contributed by atoms with van der Waals surface area (Å²) in [6.45, 7) is 5.36. The van der Waals surface area contributed by atoms with E-state index in [0.29, 0.717) is 18.4 Å². The molecule has 5 nitrogen and oxygen atoms in total. The van der Waals surface area contributed by atoms with Crippen molar-refractivity contribution in [2.75, 3.05) is 18.5 Å². The van der Waals surface area contributed by atoms with Gasteiger partial charge in [0.1, 0.15) is 5.75 Å². The lowest BCUT2D eigenvalue weighted by Crippen LogP contribution is -2.09. The fourth-order valence-corrected chi connectivity index (χ4v) is 1.88. The maximum Gasteiger partial charge on any atom is 0.226 e. The zero-order valence-electron chi connectivity index (χ0n) is 12.5. The molecule has 0 saturated carbocycles. The zero-order chi connectivity index (χ0) is 15.1. The molecule has 1 aromatic heterocycles. The second kappa shape index (κ2) is 7.47. The third-order valence-corrected chi connectivity index (χ3v) is 2.92. The number of hydrogen-bond donors (Lipinski definition) is 2. The number of hydrogen-bond acceptors (Lipinski definition) is 5. The Balaban J connectivity index is 1.90. The van der Waals surface area contributed by atoms with E-state index in [0.717, 1.165) is 30.6 Å². The molecule has 0 fully saturated rings. The monoisotopic (exact) mass is 287 g/mol. The van der Waals surface area contributed by atoms with Crippen LogP contribution in [0.1, 0.15) is 24.6 Å². The van der Waals surface area contributed by atoms with Crippen molar-refractivity contribution in [3.05, 3.63) is 41.6 Å². The molecule has 21 heavy (non-hydrogen) atoms. The van der Waals surface area contributed by atoms with Crippen molar-refractivity contribution < 1.29 is 9.84 Å². The van der Waals surface area contributed by atoms with Gasteiger partial charge in [0.05, 0.1) is 6.61 Å². The van der Waals surface area contributed by atoms with Gasteiger partial charge in [0.2, 0.25) is 11.8 Å². The number of nitrogens with zero attached hydrogens (tertiary/aromatic N) is 2. The average molecular weight is 287 g/mol.